The van der Waals surface area contributed by atoms with Crippen molar-refractivity contribution in [1.29, 1.82) is 0 Å². The van der Waals surface area contributed by atoms with Crippen LogP contribution in [0.4, 0.5) is 0 Å². The normalized spacial score (nSPS) is 20.5. The number of methoxy groups -OCH3 is 1. The van der Waals surface area contributed by atoms with Gasteiger partial charge >= 0.3 is 0 Å². The zero-order valence-corrected chi connectivity index (χ0v) is 17.9. The molecule has 6 heteroatoms. The first-order chi connectivity index (χ1) is 11.7. The molecule has 2 rings (SSSR count). The van der Waals surface area contributed by atoms with E-state index in [0.717, 1.165) is 30.4 Å². The van der Waals surface area contributed by atoms with Crippen molar-refractivity contribution < 1.29 is 9.84 Å². The van der Waals surface area contributed by atoms with E-state index in [2.05, 4.69) is 22.5 Å². The second kappa shape index (κ2) is 11.4. The predicted molar refractivity (Wildman–Crippen MR) is 114 cm³/mol. The summed E-state index contributed by atoms with van der Waals surface area (Å²) in [5.41, 5.74) is 0.905. The van der Waals surface area contributed by atoms with Crippen LogP contribution in [0.3, 0.4) is 0 Å². The van der Waals surface area contributed by atoms with Crippen LogP contribution in [-0.2, 0) is 6.42 Å². The highest BCUT2D eigenvalue weighted by atomic mass is 127. The molecule has 1 aliphatic carbocycles. The molecule has 0 aliphatic heterocycles. The Labute approximate surface area is 168 Å². The van der Waals surface area contributed by atoms with Crippen molar-refractivity contribution in [2.75, 3.05) is 20.7 Å². The van der Waals surface area contributed by atoms with Crippen molar-refractivity contribution in [3.63, 3.8) is 0 Å². The van der Waals surface area contributed by atoms with Crippen LogP contribution in [0, 0.1) is 5.92 Å². The highest BCUT2D eigenvalue weighted by Crippen LogP contribution is 2.26. The lowest BCUT2D eigenvalue weighted by atomic mass is 9.84. The molecule has 1 aromatic rings. The number of aromatic hydroxyl groups is 1. The van der Waals surface area contributed by atoms with Crippen molar-refractivity contribution in [3.05, 3.63) is 23.8 Å². The van der Waals surface area contributed by atoms with E-state index in [4.69, 9.17) is 4.74 Å². The second-order valence-corrected chi connectivity index (χ2v) is 6.51. The van der Waals surface area contributed by atoms with Crippen LogP contribution in [0.1, 0.15) is 44.6 Å². The molecule has 1 aliphatic rings. The minimum absolute atomic E-state index is 0. The Morgan fingerprint density at radius 2 is 2.00 bits per heavy atom. The maximum Gasteiger partial charge on any atom is 0.191 e. The molecule has 0 amide bonds. The number of aliphatic imine (C=N–C) groups is 1. The van der Waals surface area contributed by atoms with Gasteiger partial charge in [0.1, 0.15) is 11.5 Å². The molecule has 0 radical (unpaired) electrons. The molecule has 5 nitrogen and oxygen atoms in total. The first-order valence-electron chi connectivity index (χ1n) is 8.99. The van der Waals surface area contributed by atoms with Crippen LogP contribution < -0.4 is 15.4 Å². The standard InChI is InChI=1S/C19H31N3O2.HI/c1-4-14-5-8-16(9-6-14)22-19(20-2)21-12-11-15-7-10-17(24-3)13-18(15)23;/h7,10,13-14,16,23H,4-6,8-9,11-12H2,1-3H3,(H2,20,21,22);1H. The minimum atomic E-state index is 0. The fourth-order valence-electron chi connectivity index (χ4n) is 3.30. The van der Waals surface area contributed by atoms with Gasteiger partial charge in [-0.3, -0.25) is 4.99 Å². The van der Waals surface area contributed by atoms with Gasteiger partial charge in [0.25, 0.3) is 0 Å². The Balaban J connectivity index is 0.00000312. The molecular weight excluding hydrogens is 429 g/mol. The zero-order valence-electron chi connectivity index (χ0n) is 15.5. The summed E-state index contributed by atoms with van der Waals surface area (Å²) < 4.78 is 5.11. The van der Waals surface area contributed by atoms with Gasteiger partial charge in [0.2, 0.25) is 0 Å². The summed E-state index contributed by atoms with van der Waals surface area (Å²) in [4.78, 5) is 4.31. The number of benzene rings is 1. The summed E-state index contributed by atoms with van der Waals surface area (Å²) in [5, 5.41) is 16.9. The van der Waals surface area contributed by atoms with Gasteiger partial charge in [-0.15, -0.1) is 24.0 Å². The smallest absolute Gasteiger partial charge is 0.191 e. The summed E-state index contributed by atoms with van der Waals surface area (Å²) in [5.74, 6) is 2.69. The number of halogens is 1. The first-order valence-corrected chi connectivity index (χ1v) is 8.99. The molecule has 0 unspecified atom stereocenters. The number of nitrogens with one attached hydrogen (secondary N) is 2. The Kier molecular flexibility index (Phi) is 10.0. The lowest BCUT2D eigenvalue weighted by Gasteiger charge is -2.29. The number of nitrogens with zero attached hydrogens (tertiary/aromatic N) is 1. The third-order valence-electron chi connectivity index (χ3n) is 4.97. The van der Waals surface area contributed by atoms with Gasteiger partial charge < -0.3 is 20.5 Å². The number of hydrogen-bond acceptors (Lipinski definition) is 3. The third kappa shape index (κ3) is 6.92. The van der Waals surface area contributed by atoms with Crippen LogP contribution in [-0.4, -0.2) is 37.8 Å². The average Bonchev–Trinajstić information content (AvgIpc) is 2.62. The van der Waals surface area contributed by atoms with Gasteiger partial charge in [0.05, 0.1) is 7.11 Å². The maximum atomic E-state index is 10.0. The predicted octanol–water partition coefficient (Wildman–Crippen LogP) is 3.70. The van der Waals surface area contributed by atoms with E-state index in [-0.39, 0.29) is 29.7 Å². The number of phenols is 1. The average molecular weight is 461 g/mol. The Morgan fingerprint density at radius 1 is 1.28 bits per heavy atom. The molecule has 1 aromatic carbocycles. The number of phenolic OH excluding ortho intramolecular Hbond substituents is 1. The van der Waals surface area contributed by atoms with Crippen LogP contribution in [0.2, 0.25) is 0 Å². The molecule has 0 atom stereocenters. The maximum absolute atomic E-state index is 10.0. The SMILES string of the molecule is CCC1CCC(NC(=NC)NCCc2ccc(OC)cc2O)CC1.I. The van der Waals surface area contributed by atoms with Crippen LogP contribution in [0.15, 0.2) is 23.2 Å². The van der Waals surface area contributed by atoms with Gasteiger partial charge in [-0.25, -0.2) is 0 Å². The van der Waals surface area contributed by atoms with E-state index in [1.54, 1.807) is 20.2 Å². The first kappa shape index (κ1) is 21.9. The van der Waals surface area contributed by atoms with Crippen molar-refractivity contribution >= 4 is 29.9 Å². The molecule has 25 heavy (non-hydrogen) atoms. The summed E-state index contributed by atoms with van der Waals surface area (Å²) in [6.45, 7) is 3.01. The van der Waals surface area contributed by atoms with Crippen molar-refractivity contribution in [2.24, 2.45) is 10.9 Å². The highest BCUT2D eigenvalue weighted by Gasteiger charge is 2.20. The number of guanidine groups is 1. The Bertz CT molecular complexity index is 543. The molecule has 0 bridgehead atoms. The summed E-state index contributed by atoms with van der Waals surface area (Å²) in [6.07, 6.45) is 7.09. The van der Waals surface area contributed by atoms with Gasteiger partial charge in [-0.05, 0) is 49.7 Å². The second-order valence-electron chi connectivity index (χ2n) is 6.51. The fraction of sp³-hybridized carbons (Fsp3) is 0.632. The molecule has 0 saturated heterocycles. The minimum Gasteiger partial charge on any atom is -0.508 e. The van der Waals surface area contributed by atoms with Crippen molar-refractivity contribution in [2.45, 2.75) is 51.5 Å². The van der Waals surface area contributed by atoms with Gasteiger partial charge in [0, 0.05) is 25.7 Å². The monoisotopic (exact) mass is 461 g/mol. The Hall–Kier alpha value is -1.18. The molecule has 0 aromatic heterocycles. The van der Waals surface area contributed by atoms with E-state index in [0.29, 0.717) is 11.8 Å². The van der Waals surface area contributed by atoms with Crippen LogP contribution in [0.5, 0.6) is 11.5 Å². The van der Waals surface area contributed by atoms with E-state index in [1.807, 2.05) is 12.1 Å². The molecule has 1 fully saturated rings. The van der Waals surface area contributed by atoms with Gasteiger partial charge in [-0.2, -0.15) is 0 Å². The summed E-state index contributed by atoms with van der Waals surface area (Å²) in [7, 11) is 3.40. The summed E-state index contributed by atoms with van der Waals surface area (Å²) >= 11 is 0. The summed E-state index contributed by atoms with van der Waals surface area (Å²) in [6, 6.07) is 5.94. The van der Waals surface area contributed by atoms with Crippen molar-refractivity contribution in [1.82, 2.24) is 10.6 Å². The van der Waals surface area contributed by atoms with E-state index < -0.39 is 0 Å². The molecule has 0 spiro atoms. The van der Waals surface area contributed by atoms with E-state index in [1.165, 1.54) is 32.1 Å². The van der Waals surface area contributed by atoms with E-state index in [9.17, 15) is 5.11 Å². The number of rotatable bonds is 6. The topological polar surface area (TPSA) is 65.9 Å². The molecule has 3 N–H and O–H groups in total. The Morgan fingerprint density at radius 3 is 2.56 bits per heavy atom. The molecule has 1 saturated carbocycles. The lowest BCUT2D eigenvalue weighted by Crippen LogP contribution is -2.45. The number of hydrogen-bond donors (Lipinski definition) is 3. The highest BCUT2D eigenvalue weighted by molar-refractivity contribution is 14.0. The van der Waals surface area contributed by atoms with Gasteiger partial charge in [0.15, 0.2) is 5.96 Å². The molecular formula is C19H32IN3O2. The van der Waals surface area contributed by atoms with E-state index >= 15 is 0 Å². The third-order valence-corrected chi connectivity index (χ3v) is 4.97. The van der Waals surface area contributed by atoms with Crippen molar-refractivity contribution in [3.8, 4) is 11.5 Å². The fourth-order valence-corrected chi connectivity index (χ4v) is 3.30. The van der Waals surface area contributed by atoms with Gasteiger partial charge in [-0.1, -0.05) is 19.4 Å². The quantitative estimate of drug-likeness (QED) is 0.344. The molecule has 142 valence electrons. The molecule has 0 heterocycles. The lowest BCUT2D eigenvalue weighted by molar-refractivity contribution is 0.304. The zero-order chi connectivity index (χ0) is 17.4. The largest absolute Gasteiger partial charge is 0.508 e. The van der Waals surface area contributed by atoms with Crippen LogP contribution >= 0.6 is 24.0 Å². The van der Waals surface area contributed by atoms with Crippen LogP contribution in [0.25, 0.3) is 0 Å². The number of ether oxygens (including phenoxy) is 1.